The molecule has 0 radical (unpaired) electrons. The van der Waals surface area contributed by atoms with Crippen molar-refractivity contribution in [3.05, 3.63) is 41.4 Å². The zero-order chi connectivity index (χ0) is 45.6. The quantitative estimate of drug-likeness (QED) is 0.0365. The molecule has 0 aliphatic rings. The summed E-state index contributed by atoms with van der Waals surface area (Å²) < 4.78 is 56.7. The molecule has 3 rings (SSSR count). The second-order valence-electron chi connectivity index (χ2n) is 16.6. The number of benzene rings is 1. The minimum atomic E-state index is -4.52. The van der Waals surface area contributed by atoms with E-state index in [2.05, 4.69) is 63.8 Å². The number of hydrogen-bond acceptors (Lipinski definition) is 9. The lowest BCUT2D eigenvalue weighted by molar-refractivity contribution is -0.138. The van der Waals surface area contributed by atoms with Crippen LogP contribution in [-0.2, 0) is 11.6 Å². The van der Waals surface area contributed by atoms with E-state index in [1.807, 2.05) is 6.92 Å². The SMILES string of the molecule is CC(=N)N.CC(=N)N.CCCCCCCCCCC(C)(C)c1noc([C@@H](C)CCCC)n1.CCCCCCOc1ccc(-c2noc([C@@H](C)CCCC)n2)cc1C(F)(F)F. The van der Waals surface area contributed by atoms with E-state index in [9.17, 15) is 13.2 Å². The van der Waals surface area contributed by atoms with Gasteiger partial charge in [-0.1, -0.05) is 162 Å². The third-order valence-electron chi connectivity index (χ3n) is 9.77. The zero-order valence-electron chi connectivity index (χ0n) is 38.8. The molecule has 2 aromatic heterocycles. The molecule has 2 heterocycles. The van der Waals surface area contributed by atoms with Gasteiger partial charge in [-0.05, 0) is 57.7 Å². The lowest BCUT2D eigenvalue weighted by atomic mass is 9.86. The van der Waals surface area contributed by atoms with Crippen LogP contribution in [0.15, 0.2) is 27.2 Å². The van der Waals surface area contributed by atoms with Gasteiger partial charge in [-0.3, -0.25) is 10.8 Å². The van der Waals surface area contributed by atoms with Crippen molar-refractivity contribution in [1.29, 1.82) is 10.8 Å². The number of nitrogens with zero attached hydrogens (tertiary/aromatic N) is 4. The summed E-state index contributed by atoms with van der Waals surface area (Å²) in [5, 5.41) is 20.7. The molecule has 0 unspecified atom stereocenters. The van der Waals surface area contributed by atoms with E-state index in [4.69, 9.17) is 41.1 Å². The fourth-order valence-corrected chi connectivity index (χ4v) is 6.07. The van der Waals surface area contributed by atoms with Gasteiger partial charge in [0.15, 0.2) is 5.82 Å². The Labute approximate surface area is 360 Å². The van der Waals surface area contributed by atoms with Gasteiger partial charge in [0.1, 0.15) is 5.75 Å². The summed E-state index contributed by atoms with van der Waals surface area (Å²) in [4.78, 5) is 9.00. The topological polar surface area (TPSA) is 187 Å². The smallest absolute Gasteiger partial charge is 0.419 e. The first-order chi connectivity index (χ1) is 28.3. The maximum Gasteiger partial charge on any atom is 0.419 e. The molecule has 11 nitrogen and oxygen atoms in total. The van der Waals surface area contributed by atoms with Gasteiger partial charge in [0.25, 0.3) is 0 Å². The third kappa shape index (κ3) is 25.6. The highest BCUT2D eigenvalue weighted by atomic mass is 19.4. The minimum Gasteiger partial charge on any atom is -0.493 e. The largest absolute Gasteiger partial charge is 0.493 e. The van der Waals surface area contributed by atoms with Gasteiger partial charge in [-0.25, -0.2) is 0 Å². The summed E-state index contributed by atoms with van der Waals surface area (Å²) in [6.07, 6.45) is 17.8. The molecule has 0 fully saturated rings. The number of nitrogens with one attached hydrogen (secondary N) is 2. The van der Waals surface area contributed by atoms with E-state index in [-0.39, 0.29) is 46.7 Å². The molecule has 6 N–H and O–H groups in total. The van der Waals surface area contributed by atoms with Crippen LogP contribution in [0.4, 0.5) is 13.2 Å². The number of halogens is 3. The monoisotopic (exact) mass is 851 g/mol. The Balaban J connectivity index is 0.000000991. The molecule has 0 aliphatic carbocycles. The average molecular weight is 851 g/mol. The van der Waals surface area contributed by atoms with Crippen molar-refractivity contribution in [3.63, 3.8) is 0 Å². The van der Waals surface area contributed by atoms with Crippen molar-refractivity contribution in [1.82, 2.24) is 20.3 Å². The van der Waals surface area contributed by atoms with Crippen molar-refractivity contribution in [3.8, 4) is 17.1 Å². The minimum absolute atomic E-state index is 0.0223. The Kier molecular flexibility index (Phi) is 29.7. The van der Waals surface area contributed by atoms with Crippen molar-refractivity contribution in [2.24, 2.45) is 11.5 Å². The van der Waals surface area contributed by atoms with Crippen LogP contribution in [-0.4, -0.2) is 38.6 Å². The third-order valence-corrected chi connectivity index (χ3v) is 9.77. The first-order valence-corrected chi connectivity index (χ1v) is 22.5. The van der Waals surface area contributed by atoms with Crippen molar-refractivity contribution in [2.75, 3.05) is 6.61 Å². The summed E-state index contributed by atoms with van der Waals surface area (Å²) in [7, 11) is 0. The maximum atomic E-state index is 13.5. The number of ether oxygens (including phenoxy) is 1. The molecule has 344 valence electrons. The van der Waals surface area contributed by atoms with E-state index in [0.29, 0.717) is 11.8 Å². The lowest BCUT2D eigenvalue weighted by Gasteiger charge is -2.20. The summed E-state index contributed by atoms with van der Waals surface area (Å²) >= 11 is 0. The summed E-state index contributed by atoms with van der Waals surface area (Å²) in [5.41, 5.74) is 8.86. The van der Waals surface area contributed by atoms with E-state index >= 15 is 0 Å². The number of aromatic nitrogens is 4. The van der Waals surface area contributed by atoms with Crippen LogP contribution in [0.3, 0.4) is 0 Å². The van der Waals surface area contributed by atoms with E-state index < -0.39 is 11.7 Å². The molecule has 14 heteroatoms. The second-order valence-corrected chi connectivity index (χ2v) is 16.6. The molecule has 0 saturated heterocycles. The number of unbranched alkanes of at least 4 members (excludes halogenated alkanes) is 12. The average Bonchev–Trinajstić information content (AvgIpc) is 3.89. The summed E-state index contributed by atoms with van der Waals surface area (Å²) in [6, 6.07) is 3.92. The van der Waals surface area contributed by atoms with Gasteiger partial charge >= 0.3 is 6.18 Å². The molecule has 3 aromatic rings. The summed E-state index contributed by atoms with van der Waals surface area (Å²) in [5.74, 6) is 2.96. The molecule has 1 aromatic carbocycles. The van der Waals surface area contributed by atoms with Crippen LogP contribution in [0, 0.1) is 10.8 Å². The molecular weight excluding hydrogens is 770 g/mol. The molecular formula is C46H81F3N8O3. The normalized spacial score (nSPS) is 12.2. The number of amidine groups is 2. The molecule has 0 spiro atoms. The van der Waals surface area contributed by atoms with Crippen LogP contribution in [0.25, 0.3) is 11.4 Å². The van der Waals surface area contributed by atoms with Gasteiger partial charge in [-0.15, -0.1) is 0 Å². The molecule has 0 saturated carbocycles. The highest BCUT2D eigenvalue weighted by Gasteiger charge is 2.35. The fourth-order valence-electron chi connectivity index (χ4n) is 6.07. The van der Waals surface area contributed by atoms with Gasteiger partial charge in [0, 0.05) is 22.8 Å². The highest BCUT2D eigenvalue weighted by molar-refractivity contribution is 5.73. The Morgan fingerprint density at radius 2 is 1.13 bits per heavy atom. The Morgan fingerprint density at radius 1 is 0.683 bits per heavy atom. The number of alkyl halides is 3. The Bertz CT molecular complexity index is 1540. The zero-order valence-corrected chi connectivity index (χ0v) is 38.8. The van der Waals surface area contributed by atoms with Crippen LogP contribution in [0.1, 0.15) is 226 Å². The molecule has 60 heavy (non-hydrogen) atoms. The van der Waals surface area contributed by atoms with E-state index in [1.54, 1.807) is 6.07 Å². The molecule has 0 aliphatic heterocycles. The van der Waals surface area contributed by atoms with Gasteiger partial charge in [0.05, 0.1) is 23.8 Å². The molecule has 0 bridgehead atoms. The van der Waals surface area contributed by atoms with Crippen LogP contribution in [0.2, 0.25) is 0 Å². The van der Waals surface area contributed by atoms with Gasteiger partial charge in [-0.2, -0.15) is 23.1 Å². The van der Waals surface area contributed by atoms with Gasteiger partial charge < -0.3 is 25.3 Å². The first-order valence-electron chi connectivity index (χ1n) is 22.5. The predicted molar refractivity (Wildman–Crippen MR) is 240 cm³/mol. The Morgan fingerprint density at radius 3 is 1.63 bits per heavy atom. The lowest BCUT2D eigenvalue weighted by Crippen LogP contribution is -2.19. The van der Waals surface area contributed by atoms with Gasteiger partial charge in [0.2, 0.25) is 17.6 Å². The van der Waals surface area contributed by atoms with Crippen LogP contribution < -0.4 is 16.2 Å². The van der Waals surface area contributed by atoms with E-state index in [0.717, 1.165) is 75.6 Å². The predicted octanol–water partition coefficient (Wildman–Crippen LogP) is 14.1. The number of nitrogens with two attached hydrogens (primary N) is 2. The van der Waals surface area contributed by atoms with Crippen molar-refractivity contribution < 1.29 is 27.0 Å². The second kappa shape index (κ2) is 31.8. The summed E-state index contributed by atoms with van der Waals surface area (Å²) in [6.45, 7) is 20.7. The fraction of sp³-hybridized carbons (Fsp3) is 0.739. The van der Waals surface area contributed by atoms with E-state index in [1.165, 1.54) is 84.1 Å². The van der Waals surface area contributed by atoms with Crippen molar-refractivity contribution in [2.45, 2.75) is 215 Å². The maximum absolute atomic E-state index is 13.5. The first kappa shape index (κ1) is 56.0. The highest BCUT2D eigenvalue weighted by Crippen LogP contribution is 2.39. The number of hydrogen-bond donors (Lipinski definition) is 4. The number of rotatable bonds is 25. The Hall–Kier alpha value is -3.97. The van der Waals surface area contributed by atoms with Crippen LogP contribution in [0.5, 0.6) is 5.75 Å². The standard InChI is InChI=1S/C21H29F3N2O2.C21H40N2O.2C2H6N2/c1-4-6-8-9-13-27-18-12-11-16(14-17(18)21(22,23)24)19-25-20(28-26-19)15(3)10-7-5-2;1-6-8-10-11-12-13-14-15-17-21(4,5)20-22-19(24-23-20)18(3)16-9-7-2;2*1-2(3)4/h11-12,14-15H,4-10,13H2,1-3H3;18H,6-17H2,1-5H3;2*1H3,(H3,3,4)/t15-;18-;;/m00../s1. The van der Waals surface area contributed by atoms with Crippen molar-refractivity contribution >= 4 is 11.7 Å². The molecule has 2 atom stereocenters. The molecule has 0 amide bonds. The van der Waals surface area contributed by atoms with Crippen LogP contribution >= 0.6 is 0 Å².